The van der Waals surface area contributed by atoms with E-state index in [-0.39, 0.29) is 11.1 Å². The van der Waals surface area contributed by atoms with Gasteiger partial charge in [0, 0.05) is 0 Å². The molecule has 5 heteroatoms. The second kappa shape index (κ2) is 8.39. The van der Waals surface area contributed by atoms with E-state index < -0.39 is 6.10 Å². The van der Waals surface area contributed by atoms with Gasteiger partial charge in [0.05, 0.1) is 36.6 Å². The van der Waals surface area contributed by atoms with Crippen molar-refractivity contribution in [1.82, 2.24) is 0 Å². The molecule has 142 valence electrons. The number of benzene rings is 1. The predicted octanol–water partition coefficient (Wildman–Crippen LogP) is 0.671. The lowest BCUT2D eigenvalue weighted by Crippen LogP contribution is -3.09. The quantitative estimate of drug-likeness (QED) is 0.644. The zero-order valence-electron chi connectivity index (χ0n) is 16.4. The van der Waals surface area contributed by atoms with Crippen LogP contribution in [0.5, 0.6) is 11.5 Å². The highest BCUT2D eigenvalue weighted by Crippen LogP contribution is 2.20. The van der Waals surface area contributed by atoms with E-state index in [0.29, 0.717) is 25.8 Å². The van der Waals surface area contributed by atoms with Crippen LogP contribution in [-0.2, 0) is 0 Å². The third-order valence-electron chi connectivity index (χ3n) is 4.68. The van der Waals surface area contributed by atoms with Crippen LogP contribution in [0.3, 0.4) is 0 Å². The van der Waals surface area contributed by atoms with Gasteiger partial charge in [-0.2, -0.15) is 0 Å². The molecule has 2 rings (SSSR count). The largest absolute Gasteiger partial charge is 0.494 e. The van der Waals surface area contributed by atoms with Crippen molar-refractivity contribution in [1.29, 1.82) is 0 Å². The van der Waals surface area contributed by atoms with Crippen molar-refractivity contribution in [2.45, 2.75) is 70.7 Å². The lowest BCUT2D eigenvalue weighted by molar-refractivity contribution is -0.814. The molecule has 5 N–H and O–H groups in total. The topological polar surface area (TPSA) is 71.9 Å². The minimum atomic E-state index is -0.469. The Hall–Kier alpha value is -1.30. The van der Waals surface area contributed by atoms with E-state index in [0.717, 1.165) is 24.3 Å². The molecule has 0 aliphatic carbocycles. The molecule has 1 aliphatic rings. The number of nitrogens with two attached hydrogens (primary N) is 2. The van der Waals surface area contributed by atoms with Crippen molar-refractivity contribution in [3.63, 3.8) is 0 Å². The van der Waals surface area contributed by atoms with Gasteiger partial charge in [-0.15, -0.1) is 0 Å². The fourth-order valence-electron chi connectivity index (χ4n) is 4.17. The third kappa shape index (κ3) is 6.84. The predicted molar refractivity (Wildman–Crippen MR) is 99.0 cm³/mol. The first-order valence-electron chi connectivity index (χ1n) is 9.43. The number of aliphatic hydroxyl groups is 1. The summed E-state index contributed by atoms with van der Waals surface area (Å²) in [6, 6.07) is 8.09. The van der Waals surface area contributed by atoms with Crippen LogP contribution in [0.25, 0.3) is 0 Å². The van der Waals surface area contributed by atoms with E-state index in [2.05, 4.69) is 38.3 Å². The second-order valence-electron chi connectivity index (χ2n) is 8.63. The lowest BCUT2D eigenvalue weighted by atomic mass is 9.79. The summed E-state index contributed by atoms with van der Waals surface area (Å²) in [7, 11) is 0. The van der Waals surface area contributed by atoms with Gasteiger partial charge in [-0.05, 0) is 58.9 Å². The van der Waals surface area contributed by atoms with Crippen LogP contribution in [-0.4, -0.2) is 48.1 Å². The molecule has 1 heterocycles. The molecule has 25 heavy (non-hydrogen) atoms. The Morgan fingerprint density at radius 1 is 1.08 bits per heavy atom. The normalized spacial score (nSPS) is 20.9. The fourth-order valence-corrected chi connectivity index (χ4v) is 4.17. The highest BCUT2D eigenvalue weighted by molar-refractivity contribution is 5.31. The first-order chi connectivity index (χ1) is 11.7. The molecular weight excluding hydrogens is 316 g/mol. The van der Waals surface area contributed by atoms with Gasteiger partial charge in [-0.3, -0.25) is 0 Å². The summed E-state index contributed by atoms with van der Waals surface area (Å²) >= 11 is 0. The van der Waals surface area contributed by atoms with Crippen molar-refractivity contribution < 1.29 is 25.2 Å². The lowest BCUT2D eigenvalue weighted by Gasteiger charge is -2.41. The number of aliphatic hydroxyl groups excluding tert-OH is 1. The van der Waals surface area contributed by atoms with Crippen LogP contribution >= 0.6 is 0 Å². The summed E-state index contributed by atoms with van der Waals surface area (Å²) in [6.45, 7) is 12.8. The highest BCUT2D eigenvalue weighted by Gasteiger charge is 2.43. The fraction of sp³-hybridized carbons (Fsp3) is 0.700. The van der Waals surface area contributed by atoms with E-state index in [1.807, 2.05) is 31.2 Å². The Labute approximate surface area is 152 Å². The number of ether oxygens (including phenoxy) is 2. The van der Waals surface area contributed by atoms with Crippen LogP contribution in [0, 0.1) is 0 Å². The van der Waals surface area contributed by atoms with Gasteiger partial charge in [-0.1, -0.05) is 0 Å². The summed E-state index contributed by atoms with van der Waals surface area (Å²) < 4.78 is 11.1. The maximum Gasteiger partial charge on any atom is 0.137 e. The van der Waals surface area contributed by atoms with E-state index in [9.17, 15) is 5.11 Å². The summed E-state index contributed by atoms with van der Waals surface area (Å²) in [5.74, 6) is 1.60. The van der Waals surface area contributed by atoms with E-state index in [1.165, 1.54) is 0 Å². The van der Waals surface area contributed by atoms with Crippen LogP contribution < -0.4 is 20.1 Å². The summed E-state index contributed by atoms with van der Waals surface area (Å²) in [5.41, 5.74) is 0.513. The average Bonchev–Trinajstić information content (AvgIpc) is 2.49. The van der Waals surface area contributed by atoms with Gasteiger partial charge in [0.2, 0.25) is 0 Å². The molecule has 0 saturated carbocycles. The molecule has 1 saturated heterocycles. The molecule has 0 spiro atoms. The minimum absolute atomic E-state index is 0.257. The molecule has 0 amide bonds. The van der Waals surface area contributed by atoms with Crippen molar-refractivity contribution in [3.05, 3.63) is 24.3 Å². The molecule has 1 aromatic carbocycles. The van der Waals surface area contributed by atoms with Crippen molar-refractivity contribution in [2.75, 3.05) is 19.8 Å². The first-order valence-corrected chi connectivity index (χ1v) is 9.43. The Bertz CT molecular complexity index is 512. The molecule has 1 atom stereocenters. The van der Waals surface area contributed by atoms with Gasteiger partial charge in [0.1, 0.15) is 30.8 Å². The summed E-state index contributed by atoms with van der Waals surface area (Å²) in [5, 5.41) is 15.0. The maximum absolute atomic E-state index is 10.3. The monoisotopic (exact) mass is 352 g/mol. The van der Waals surface area contributed by atoms with Crippen molar-refractivity contribution >= 4 is 0 Å². The van der Waals surface area contributed by atoms with Crippen LogP contribution in [0.1, 0.15) is 47.5 Å². The second-order valence-corrected chi connectivity index (χ2v) is 8.63. The number of hydrogen-bond acceptors (Lipinski definition) is 3. The van der Waals surface area contributed by atoms with Gasteiger partial charge in [0.25, 0.3) is 0 Å². The number of hydrogen-bond donors (Lipinski definition) is 3. The molecule has 0 unspecified atom stereocenters. The van der Waals surface area contributed by atoms with Crippen molar-refractivity contribution in [3.8, 4) is 11.5 Å². The van der Waals surface area contributed by atoms with E-state index >= 15 is 0 Å². The standard InChI is InChI=1S/C20H34N2O3/c1-6-24-17-7-9-18(10-8-17)25-14-16(23)13-21-15-11-19(2,3)22-20(4,5)12-15/h7-10,15-16,21-23H,6,11-14H2,1-5H3/p+2/t16-/m0/s1. The maximum atomic E-state index is 10.3. The van der Waals surface area contributed by atoms with Gasteiger partial charge < -0.3 is 25.2 Å². The molecule has 1 fully saturated rings. The molecule has 1 aromatic rings. The van der Waals surface area contributed by atoms with Crippen LogP contribution in [0.4, 0.5) is 0 Å². The first kappa shape index (κ1) is 20.0. The van der Waals surface area contributed by atoms with Crippen LogP contribution in [0.15, 0.2) is 24.3 Å². The Balaban J connectivity index is 1.74. The van der Waals surface area contributed by atoms with Gasteiger partial charge >= 0.3 is 0 Å². The zero-order valence-corrected chi connectivity index (χ0v) is 16.4. The van der Waals surface area contributed by atoms with Crippen molar-refractivity contribution in [2.24, 2.45) is 0 Å². The average molecular weight is 353 g/mol. The number of quaternary nitrogens is 2. The van der Waals surface area contributed by atoms with Crippen LogP contribution in [0.2, 0.25) is 0 Å². The highest BCUT2D eigenvalue weighted by atomic mass is 16.5. The Kier molecular flexibility index (Phi) is 6.72. The minimum Gasteiger partial charge on any atom is -0.494 e. The molecule has 5 nitrogen and oxygen atoms in total. The molecule has 0 aromatic heterocycles. The van der Waals surface area contributed by atoms with Gasteiger partial charge in [0.15, 0.2) is 0 Å². The molecule has 1 aliphatic heterocycles. The van der Waals surface area contributed by atoms with E-state index in [1.54, 1.807) is 0 Å². The zero-order chi connectivity index (χ0) is 18.5. The summed E-state index contributed by atoms with van der Waals surface area (Å²) in [4.78, 5) is 0. The molecule has 0 bridgehead atoms. The third-order valence-corrected chi connectivity index (χ3v) is 4.68. The summed E-state index contributed by atoms with van der Waals surface area (Å²) in [6.07, 6.45) is 1.84. The smallest absolute Gasteiger partial charge is 0.137 e. The SMILES string of the molecule is CCOc1ccc(OC[C@@H](O)C[NH2+]C2CC(C)(C)[NH2+]C(C)(C)C2)cc1. The van der Waals surface area contributed by atoms with E-state index in [4.69, 9.17) is 9.47 Å². The Morgan fingerprint density at radius 3 is 2.12 bits per heavy atom. The molecular formula is C20H36N2O3+2. The molecule has 0 radical (unpaired) electrons. The Morgan fingerprint density at radius 2 is 1.60 bits per heavy atom. The van der Waals surface area contributed by atoms with Gasteiger partial charge in [-0.25, -0.2) is 0 Å². The number of piperidine rings is 1. The number of rotatable bonds is 8.